The third-order valence-electron chi connectivity index (χ3n) is 3.98. The molecule has 1 aromatic carbocycles. The van der Waals surface area contributed by atoms with Crippen LogP contribution in [-0.4, -0.2) is 60.0 Å². The summed E-state index contributed by atoms with van der Waals surface area (Å²) in [5, 5.41) is 9.08. The van der Waals surface area contributed by atoms with E-state index in [0.29, 0.717) is 12.2 Å². The Kier molecular flexibility index (Phi) is 4.73. The normalized spacial score (nSPS) is 25.0. The number of imide groups is 1. The molecule has 2 saturated heterocycles. The van der Waals surface area contributed by atoms with Gasteiger partial charge in [-0.2, -0.15) is 22.5 Å². The minimum Gasteiger partial charge on any atom is -0.489 e. The van der Waals surface area contributed by atoms with Crippen LogP contribution < -0.4 is 9.46 Å². The molecule has 11 heteroatoms. The standard InChI is InChI=1S/C14H16FN3O6S/c15-9-1-3-10(4-2-9)24-11-5-6-17(8-11)25(22,23)16-12-7-13(19)18(21)14(12)20/h1-4,11-12,16,21H,5-8H2. The van der Waals surface area contributed by atoms with Crippen molar-refractivity contribution in [3.8, 4) is 5.75 Å². The number of amides is 2. The van der Waals surface area contributed by atoms with Crippen LogP contribution in [0.1, 0.15) is 12.8 Å². The fourth-order valence-electron chi connectivity index (χ4n) is 2.68. The summed E-state index contributed by atoms with van der Waals surface area (Å²) in [7, 11) is -4.02. The summed E-state index contributed by atoms with van der Waals surface area (Å²) in [5.41, 5.74) is 0. The highest BCUT2D eigenvalue weighted by molar-refractivity contribution is 7.87. The van der Waals surface area contributed by atoms with Crippen molar-refractivity contribution in [2.75, 3.05) is 13.1 Å². The highest BCUT2D eigenvalue weighted by atomic mass is 32.2. The predicted molar refractivity (Wildman–Crippen MR) is 81.1 cm³/mol. The fourth-order valence-corrected chi connectivity index (χ4v) is 4.08. The largest absolute Gasteiger partial charge is 0.489 e. The molecular formula is C14H16FN3O6S. The Balaban J connectivity index is 1.60. The van der Waals surface area contributed by atoms with Gasteiger partial charge in [0.25, 0.3) is 22.0 Å². The van der Waals surface area contributed by atoms with E-state index in [2.05, 4.69) is 4.72 Å². The number of rotatable bonds is 5. The second kappa shape index (κ2) is 6.67. The molecule has 136 valence electrons. The Hall–Kier alpha value is -2.08. The molecule has 0 aliphatic carbocycles. The zero-order chi connectivity index (χ0) is 18.2. The van der Waals surface area contributed by atoms with Crippen LogP contribution in [0.3, 0.4) is 0 Å². The number of nitrogens with zero attached hydrogens (tertiary/aromatic N) is 2. The number of halogens is 1. The Bertz CT molecular complexity index is 784. The van der Waals surface area contributed by atoms with E-state index in [4.69, 9.17) is 9.94 Å². The molecule has 3 rings (SSSR count). The van der Waals surface area contributed by atoms with Crippen LogP contribution in [0, 0.1) is 5.82 Å². The molecule has 1 aromatic rings. The van der Waals surface area contributed by atoms with Gasteiger partial charge in [-0.3, -0.25) is 14.8 Å². The molecule has 0 aromatic heterocycles. The summed E-state index contributed by atoms with van der Waals surface area (Å²) < 4.78 is 46.4. The van der Waals surface area contributed by atoms with E-state index in [-0.39, 0.29) is 18.2 Å². The first-order valence-electron chi connectivity index (χ1n) is 7.51. The first-order chi connectivity index (χ1) is 11.8. The Morgan fingerprint density at radius 3 is 2.52 bits per heavy atom. The van der Waals surface area contributed by atoms with Gasteiger partial charge in [0.05, 0.1) is 13.0 Å². The first-order valence-corrected chi connectivity index (χ1v) is 8.95. The Labute approximate surface area is 143 Å². The van der Waals surface area contributed by atoms with E-state index in [1.54, 1.807) is 0 Å². The molecule has 0 saturated carbocycles. The number of hydroxylamine groups is 2. The summed E-state index contributed by atoms with van der Waals surface area (Å²) in [6, 6.07) is 4.06. The van der Waals surface area contributed by atoms with E-state index < -0.39 is 46.4 Å². The number of carbonyl (C=O) groups excluding carboxylic acids is 2. The second-order valence-electron chi connectivity index (χ2n) is 5.76. The molecular weight excluding hydrogens is 357 g/mol. The van der Waals surface area contributed by atoms with Gasteiger partial charge in [0.15, 0.2) is 0 Å². The van der Waals surface area contributed by atoms with Crippen LogP contribution in [0.15, 0.2) is 24.3 Å². The van der Waals surface area contributed by atoms with Crippen LogP contribution in [0.5, 0.6) is 5.75 Å². The van der Waals surface area contributed by atoms with Crippen molar-refractivity contribution in [3.63, 3.8) is 0 Å². The molecule has 9 nitrogen and oxygen atoms in total. The van der Waals surface area contributed by atoms with Gasteiger partial charge in [0.2, 0.25) is 0 Å². The fraction of sp³-hybridized carbons (Fsp3) is 0.429. The number of ether oxygens (including phenoxy) is 1. The van der Waals surface area contributed by atoms with Crippen molar-refractivity contribution in [1.82, 2.24) is 14.1 Å². The van der Waals surface area contributed by atoms with Crippen LogP contribution in [0.4, 0.5) is 4.39 Å². The van der Waals surface area contributed by atoms with Crippen molar-refractivity contribution >= 4 is 22.0 Å². The topological polar surface area (TPSA) is 116 Å². The zero-order valence-corrected chi connectivity index (χ0v) is 13.8. The molecule has 0 bridgehead atoms. The second-order valence-corrected chi connectivity index (χ2v) is 7.47. The molecule has 2 amide bonds. The monoisotopic (exact) mass is 373 g/mol. The molecule has 2 heterocycles. The van der Waals surface area contributed by atoms with E-state index in [9.17, 15) is 22.4 Å². The summed E-state index contributed by atoms with van der Waals surface area (Å²) in [4.78, 5) is 22.8. The molecule has 2 atom stereocenters. The number of carbonyl (C=O) groups is 2. The molecule has 2 aliphatic heterocycles. The maximum Gasteiger partial charge on any atom is 0.280 e. The van der Waals surface area contributed by atoms with E-state index in [1.807, 2.05) is 0 Å². The lowest BCUT2D eigenvalue weighted by molar-refractivity contribution is -0.171. The number of hydrogen-bond donors (Lipinski definition) is 2. The van der Waals surface area contributed by atoms with Crippen LogP contribution in [0.2, 0.25) is 0 Å². The Morgan fingerprint density at radius 2 is 1.92 bits per heavy atom. The summed E-state index contributed by atoms with van der Waals surface area (Å²) in [6.45, 7) is 0.212. The van der Waals surface area contributed by atoms with Gasteiger partial charge >= 0.3 is 0 Å². The zero-order valence-electron chi connectivity index (χ0n) is 13.0. The predicted octanol–water partition coefficient (Wildman–Crippen LogP) is -0.370. The van der Waals surface area contributed by atoms with Crippen molar-refractivity contribution in [2.24, 2.45) is 0 Å². The smallest absolute Gasteiger partial charge is 0.280 e. The van der Waals surface area contributed by atoms with Gasteiger partial charge in [-0.15, -0.1) is 0 Å². The van der Waals surface area contributed by atoms with Crippen LogP contribution in [-0.2, 0) is 19.8 Å². The maximum atomic E-state index is 12.9. The molecule has 2 unspecified atom stereocenters. The van der Waals surface area contributed by atoms with Crippen molar-refractivity contribution in [2.45, 2.75) is 25.0 Å². The lowest BCUT2D eigenvalue weighted by atomic mass is 10.3. The molecule has 2 fully saturated rings. The quantitative estimate of drug-likeness (QED) is 0.537. The third kappa shape index (κ3) is 3.79. The van der Waals surface area contributed by atoms with E-state index >= 15 is 0 Å². The van der Waals surface area contributed by atoms with Crippen molar-refractivity contribution in [1.29, 1.82) is 0 Å². The minimum atomic E-state index is -4.02. The Morgan fingerprint density at radius 1 is 1.24 bits per heavy atom. The lowest BCUT2D eigenvalue weighted by Gasteiger charge is -2.19. The van der Waals surface area contributed by atoms with Gasteiger partial charge in [-0.05, 0) is 30.7 Å². The first kappa shape index (κ1) is 17.7. The molecule has 25 heavy (non-hydrogen) atoms. The highest BCUT2D eigenvalue weighted by Gasteiger charge is 2.42. The van der Waals surface area contributed by atoms with Gasteiger partial charge in [-0.1, -0.05) is 0 Å². The maximum absolute atomic E-state index is 12.9. The van der Waals surface area contributed by atoms with Gasteiger partial charge < -0.3 is 4.74 Å². The molecule has 0 radical (unpaired) electrons. The lowest BCUT2D eigenvalue weighted by Crippen LogP contribution is -2.47. The summed E-state index contributed by atoms with van der Waals surface area (Å²) in [6.07, 6.45) is -0.433. The number of nitrogens with one attached hydrogen (secondary N) is 1. The minimum absolute atomic E-state index is 0.0460. The third-order valence-corrected chi connectivity index (χ3v) is 5.57. The number of benzene rings is 1. The molecule has 0 spiro atoms. The SMILES string of the molecule is O=C1CC(NS(=O)(=O)N2CCC(Oc3ccc(F)cc3)C2)C(=O)N1O. The molecule has 2 N–H and O–H groups in total. The van der Waals surface area contributed by atoms with E-state index in [0.717, 1.165) is 4.31 Å². The van der Waals surface area contributed by atoms with Crippen LogP contribution in [0.25, 0.3) is 0 Å². The van der Waals surface area contributed by atoms with Crippen molar-refractivity contribution in [3.05, 3.63) is 30.1 Å². The average molecular weight is 373 g/mol. The summed E-state index contributed by atoms with van der Waals surface area (Å²) in [5.74, 6) is -1.85. The van der Waals surface area contributed by atoms with Gasteiger partial charge in [-0.25, -0.2) is 4.39 Å². The van der Waals surface area contributed by atoms with Gasteiger partial charge in [0.1, 0.15) is 23.7 Å². The van der Waals surface area contributed by atoms with E-state index in [1.165, 1.54) is 24.3 Å². The van der Waals surface area contributed by atoms with Crippen molar-refractivity contribution < 1.29 is 32.3 Å². The number of hydrogen-bond acceptors (Lipinski definition) is 6. The van der Waals surface area contributed by atoms with Crippen LogP contribution >= 0.6 is 0 Å². The van der Waals surface area contributed by atoms with Gasteiger partial charge in [0, 0.05) is 6.54 Å². The summed E-state index contributed by atoms with van der Waals surface area (Å²) >= 11 is 0. The molecule has 2 aliphatic rings. The highest BCUT2D eigenvalue weighted by Crippen LogP contribution is 2.21. The average Bonchev–Trinajstić information content (AvgIpc) is 3.12.